The van der Waals surface area contributed by atoms with Crippen LogP contribution in [0.1, 0.15) is 11.6 Å². The van der Waals surface area contributed by atoms with Crippen molar-refractivity contribution in [2.45, 2.75) is 6.04 Å². The highest BCUT2D eigenvalue weighted by Crippen LogP contribution is 2.33. The molecular weight excluding hydrogens is 250 g/mol. The van der Waals surface area contributed by atoms with Crippen LogP contribution in [0.3, 0.4) is 0 Å². The topological polar surface area (TPSA) is 76.2 Å². The number of halogens is 3. The van der Waals surface area contributed by atoms with Crippen molar-refractivity contribution in [1.29, 1.82) is 0 Å². The van der Waals surface area contributed by atoms with Gasteiger partial charge in [-0.15, -0.1) is 0 Å². The lowest BCUT2D eigenvalue weighted by atomic mass is 10.1. The average Bonchev–Trinajstić information content (AvgIpc) is 2.12. The van der Waals surface area contributed by atoms with Gasteiger partial charge in [0.1, 0.15) is 11.2 Å². The van der Waals surface area contributed by atoms with E-state index >= 15 is 0 Å². The van der Waals surface area contributed by atoms with Crippen LogP contribution in [0.2, 0.25) is 15.2 Å². The summed E-state index contributed by atoms with van der Waals surface area (Å²) in [6, 6.07) is -1.31. The molecule has 0 aliphatic heterocycles. The average molecular weight is 255 g/mol. The maximum absolute atomic E-state index is 10.6. The van der Waals surface area contributed by atoms with Crippen LogP contribution in [0.25, 0.3) is 0 Å². The Balaban J connectivity index is 3.32. The second kappa shape index (κ2) is 4.31. The maximum atomic E-state index is 10.6. The number of aromatic nitrogens is 1. The van der Waals surface area contributed by atoms with Gasteiger partial charge in [0, 0.05) is 11.8 Å². The number of carboxylic acid groups (broad SMARTS) is 1. The van der Waals surface area contributed by atoms with E-state index in [2.05, 4.69) is 4.98 Å². The van der Waals surface area contributed by atoms with Gasteiger partial charge in [0.15, 0.2) is 0 Å². The highest BCUT2D eigenvalue weighted by molar-refractivity contribution is 6.43. The van der Waals surface area contributed by atoms with Crippen molar-refractivity contribution in [3.8, 4) is 0 Å². The van der Waals surface area contributed by atoms with Crippen LogP contribution in [0.5, 0.6) is 0 Å². The van der Waals surface area contributed by atoms with Crippen LogP contribution in [0, 0.1) is 0 Å². The molecule has 0 amide bonds. The molecule has 0 unspecified atom stereocenters. The Bertz CT molecular complexity index is 383. The molecule has 0 aliphatic carbocycles. The zero-order valence-electron chi connectivity index (χ0n) is 6.67. The molecule has 7 heteroatoms. The highest BCUT2D eigenvalue weighted by atomic mass is 35.5. The fourth-order valence-corrected chi connectivity index (χ4v) is 1.59. The number of hydrogen-bond donors (Lipinski definition) is 2. The van der Waals surface area contributed by atoms with E-state index in [1.54, 1.807) is 0 Å². The van der Waals surface area contributed by atoms with Crippen molar-refractivity contribution < 1.29 is 9.90 Å². The van der Waals surface area contributed by atoms with Crippen LogP contribution in [-0.2, 0) is 4.79 Å². The quantitative estimate of drug-likeness (QED) is 0.794. The molecule has 0 bridgehead atoms. The van der Waals surface area contributed by atoms with Crippen molar-refractivity contribution in [3.63, 3.8) is 0 Å². The van der Waals surface area contributed by atoms with E-state index in [1.165, 1.54) is 6.20 Å². The molecule has 1 aromatic heterocycles. The van der Waals surface area contributed by atoms with Gasteiger partial charge in [0.2, 0.25) is 0 Å². The minimum Gasteiger partial charge on any atom is -0.480 e. The first-order valence-electron chi connectivity index (χ1n) is 3.43. The predicted molar refractivity (Wildman–Crippen MR) is 53.8 cm³/mol. The van der Waals surface area contributed by atoms with Gasteiger partial charge in [-0.3, -0.25) is 4.79 Å². The zero-order valence-corrected chi connectivity index (χ0v) is 8.94. The molecule has 14 heavy (non-hydrogen) atoms. The molecule has 0 aliphatic rings. The van der Waals surface area contributed by atoms with E-state index in [4.69, 9.17) is 45.6 Å². The third-order valence-electron chi connectivity index (χ3n) is 1.54. The van der Waals surface area contributed by atoms with Crippen molar-refractivity contribution in [1.82, 2.24) is 4.98 Å². The molecule has 0 fully saturated rings. The number of nitrogens with zero attached hydrogens (tertiary/aromatic N) is 1. The lowest BCUT2D eigenvalue weighted by molar-refractivity contribution is -0.138. The zero-order chi connectivity index (χ0) is 10.9. The first kappa shape index (κ1) is 11.5. The van der Waals surface area contributed by atoms with Crippen molar-refractivity contribution >= 4 is 40.8 Å². The molecule has 1 rings (SSSR count). The van der Waals surface area contributed by atoms with Crippen LogP contribution >= 0.6 is 34.8 Å². The van der Waals surface area contributed by atoms with Crippen molar-refractivity contribution in [2.75, 3.05) is 0 Å². The molecular formula is C7H5Cl3N2O2. The number of hydrogen-bond acceptors (Lipinski definition) is 3. The van der Waals surface area contributed by atoms with Crippen LogP contribution < -0.4 is 5.73 Å². The second-order valence-electron chi connectivity index (χ2n) is 2.44. The summed E-state index contributed by atoms with van der Waals surface area (Å²) in [5, 5.41) is 8.69. The molecule has 1 atom stereocenters. The van der Waals surface area contributed by atoms with Gasteiger partial charge in [-0.25, -0.2) is 4.98 Å². The largest absolute Gasteiger partial charge is 0.480 e. The molecule has 3 N–H and O–H groups in total. The summed E-state index contributed by atoms with van der Waals surface area (Å²) in [4.78, 5) is 14.2. The first-order valence-corrected chi connectivity index (χ1v) is 4.56. The summed E-state index contributed by atoms with van der Waals surface area (Å²) >= 11 is 17.0. The van der Waals surface area contributed by atoms with Gasteiger partial charge in [-0.05, 0) is 0 Å². The summed E-state index contributed by atoms with van der Waals surface area (Å²) in [5.41, 5.74) is 5.42. The van der Waals surface area contributed by atoms with Gasteiger partial charge in [-0.2, -0.15) is 0 Å². The number of pyridine rings is 1. The minimum atomic E-state index is -1.31. The van der Waals surface area contributed by atoms with E-state index < -0.39 is 12.0 Å². The molecule has 1 heterocycles. The SMILES string of the molecule is N[C@H](C(=O)O)c1c(Cl)cnc(Cl)c1Cl. The van der Waals surface area contributed by atoms with Crippen molar-refractivity contribution in [2.24, 2.45) is 5.73 Å². The predicted octanol–water partition coefficient (Wildman–Crippen LogP) is 2.13. The normalized spacial score (nSPS) is 12.6. The number of rotatable bonds is 2. The van der Waals surface area contributed by atoms with E-state index in [0.717, 1.165) is 0 Å². The fraction of sp³-hybridized carbons (Fsp3) is 0.143. The molecule has 4 nitrogen and oxygen atoms in total. The second-order valence-corrected chi connectivity index (χ2v) is 3.58. The fourth-order valence-electron chi connectivity index (χ4n) is 0.864. The molecule has 0 aromatic carbocycles. The summed E-state index contributed by atoms with van der Waals surface area (Å²) in [6.45, 7) is 0. The molecule has 0 radical (unpaired) electrons. The Morgan fingerprint density at radius 1 is 1.50 bits per heavy atom. The van der Waals surface area contributed by atoms with Crippen LogP contribution in [-0.4, -0.2) is 16.1 Å². The summed E-state index contributed by atoms with van der Waals surface area (Å²) in [6.07, 6.45) is 1.20. The standard InChI is InChI=1S/C7H5Cl3N2O2/c8-2-1-12-6(10)4(9)3(2)5(11)7(13)14/h1,5H,11H2,(H,13,14)/t5-/m0/s1. The number of aliphatic carboxylic acids is 1. The van der Waals surface area contributed by atoms with Crippen molar-refractivity contribution in [3.05, 3.63) is 27.0 Å². The smallest absolute Gasteiger partial charge is 0.325 e. The number of carboxylic acids is 1. The monoisotopic (exact) mass is 254 g/mol. The number of carbonyl (C=O) groups is 1. The van der Waals surface area contributed by atoms with Gasteiger partial charge < -0.3 is 10.8 Å². The lowest BCUT2D eigenvalue weighted by Gasteiger charge is -2.11. The molecule has 0 saturated carbocycles. The molecule has 0 spiro atoms. The van der Waals surface area contributed by atoms with Gasteiger partial charge in [0.25, 0.3) is 0 Å². The molecule has 76 valence electrons. The first-order chi connectivity index (χ1) is 6.45. The van der Waals surface area contributed by atoms with E-state index in [-0.39, 0.29) is 20.8 Å². The van der Waals surface area contributed by atoms with Crippen LogP contribution in [0.4, 0.5) is 0 Å². The van der Waals surface area contributed by atoms with Gasteiger partial charge >= 0.3 is 5.97 Å². The third-order valence-corrected chi connectivity index (χ3v) is 2.61. The Kier molecular flexibility index (Phi) is 3.55. The Morgan fingerprint density at radius 3 is 2.57 bits per heavy atom. The van der Waals surface area contributed by atoms with E-state index in [9.17, 15) is 4.79 Å². The Morgan fingerprint density at radius 2 is 2.07 bits per heavy atom. The highest BCUT2D eigenvalue weighted by Gasteiger charge is 2.22. The summed E-state index contributed by atoms with van der Waals surface area (Å²) in [5.74, 6) is -1.24. The van der Waals surface area contributed by atoms with Crippen LogP contribution in [0.15, 0.2) is 6.20 Å². The molecule has 1 aromatic rings. The summed E-state index contributed by atoms with van der Waals surface area (Å²) < 4.78 is 0. The summed E-state index contributed by atoms with van der Waals surface area (Å²) in [7, 11) is 0. The minimum absolute atomic E-state index is 0.0252. The van der Waals surface area contributed by atoms with E-state index in [0.29, 0.717) is 0 Å². The molecule has 0 saturated heterocycles. The van der Waals surface area contributed by atoms with Gasteiger partial charge in [-0.1, -0.05) is 34.8 Å². The Labute approximate surface area is 94.6 Å². The van der Waals surface area contributed by atoms with Gasteiger partial charge in [0.05, 0.1) is 10.0 Å². The Hall–Kier alpha value is -0.550. The maximum Gasteiger partial charge on any atom is 0.325 e. The van der Waals surface area contributed by atoms with E-state index in [1.807, 2.05) is 0 Å². The third kappa shape index (κ3) is 2.09. The lowest BCUT2D eigenvalue weighted by Crippen LogP contribution is -2.21. The number of nitrogens with two attached hydrogens (primary N) is 1.